The Kier molecular flexibility index (Phi) is 18.6. The molecule has 7 unspecified atom stereocenters. The fourth-order valence-corrected chi connectivity index (χ4v) is 12.8. The lowest BCUT2D eigenvalue weighted by atomic mass is 10.1. The van der Waals surface area contributed by atoms with Gasteiger partial charge in [0.2, 0.25) is 0 Å². The molecule has 29 nitrogen and oxygen atoms in total. The van der Waals surface area contributed by atoms with Crippen LogP contribution in [0.3, 0.4) is 0 Å². The van der Waals surface area contributed by atoms with Crippen molar-refractivity contribution in [3.8, 4) is 51.4 Å². The van der Waals surface area contributed by atoms with Gasteiger partial charge in [0.25, 0.3) is 0 Å². The molecule has 15 rings (SSSR count). The van der Waals surface area contributed by atoms with Crippen LogP contribution in [0.25, 0.3) is 56.2 Å². The number of aliphatic hydroxyl groups is 3. The summed E-state index contributed by atoms with van der Waals surface area (Å²) in [6.45, 7) is 3.84. The molecule has 0 radical (unpaired) electrons. The largest absolute Gasteiger partial charge is 0.491 e. The van der Waals surface area contributed by atoms with Gasteiger partial charge in [0, 0.05) is 79.9 Å². The van der Waals surface area contributed by atoms with Gasteiger partial charge in [0.05, 0.1) is 78.3 Å². The second-order valence-corrected chi connectivity index (χ2v) is 26.1. The fourth-order valence-electron chi connectivity index (χ4n) is 12.8. The van der Waals surface area contributed by atoms with Crippen LogP contribution in [-0.4, -0.2) is 196 Å². The van der Waals surface area contributed by atoms with Crippen LogP contribution in [0.1, 0.15) is 91.2 Å². The van der Waals surface area contributed by atoms with Crippen molar-refractivity contribution in [2.24, 2.45) is 0 Å². The molecule has 3 saturated carbocycles. The van der Waals surface area contributed by atoms with E-state index in [1.807, 2.05) is 111 Å². The molecule has 10 aromatic rings. The summed E-state index contributed by atoms with van der Waals surface area (Å²) in [6, 6.07) is 25.4. The highest BCUT2D eigenvalue weighted by Crippen LogP contribution is 2.45. The average molecular weight is 1330 g/mol. The molecule has 3 aromatic carbocycles. The van der Waals surface area contributed by atoms with Gasteiger partial charge in [-0.2, -0.15) is 15.3 Å². The van der Waals surface area contributed by atoms with Gasteiger partial charge in [-0.1, -0.05) is 29.4 Å². The quantitative estimate of drug-likeness (QED) is 0.0208. The Morgan fingerprint density at radius 3 is 1.74 bits per heavy atom. The van der Waals surface area contributed by atoms with Crippen LogP contribution in [0.4, 0.5) is 23.3 Å². The van der Waals surface area contributed by atoms with Crippen LogP contribution in [-0.2, 0) is 24.4 Å². The molecule has 3 aliphatic carbocycles. The van der Waals surface area contributed by atoms with Gasteiger partial charge in [-0.05, 0) is 120 Å². The normalized spacial score (nSPS) is 19.0. The average Bonchev–Trinajstić information content (AvgIpc) is 1.62. The van der Waals surface area contributed by atoms with Crippen molar-refractivity contribution in [2.45, 2.75) is 119 Å². The third kappa shape index (κ3) is 14.6. The molecule has 2 saturated heterocycles. The SMILES string of the molecule is CNCC(O)COc1cccc(-c2nc(NC3CC3c3cc(CNc4nc(-c5cc(Cn6ccc(CNc7nc(-c8cccc(OCC(O)CNC)c8)nc8c7cnn8C7CC7)n6)cc(OCC(O)CNC)c5)nc5c4cnn5C4CC4)no3)c(C=N)c(N3CC4CCC(C3)O4)n2)c1. The summed E-state index contributed by atoms with van der Waals surface area (Å²) in [5.41, 5.74) is 6.57. The van der Waals surface area contributed by atoms with E-state index >= 15 is 0 Å². The van der Waals surface area contributed by atoms with E-state index in [1.54, 1.807) is 21.1 Å². The van der Waals surface area contributed by atoms with Crippen molar-refractivity contribution >= 4 is 51.6 Å². The Hall–Kier alpha value is -9.75. The summed E-state index contributed by atoms with van der Waals surface area (Å²) < 4.78 is 36.4. The van der Waals surface area contributed by atoms with Crippen molar-refractivity contribution in [1.82, 2.24) is 80.4 Å². The van der Waals surface area contributed by atoms with Crippen LogP contribution in [0, 0.1) is 5.41 Å². The number of nitrogens with zero attached hydrogens (tertiary/aromatic N) is 14. The lowest BCUT2D eigenvalue weighted by Gasteiger charge is -2.34. The number of anilines is 4. The Labute approximate surface area is 564 Å². The van der Waals surface area contributed by atoms with Gasteiger partial charge >= 0.3 is 0 Å². The number of hydrogen-bond donors (Lipinski definition) is 10. The predicted octanol–water partition coefficient (Wildman–Crippen LogP) is 6.09. The molecule has 2 aliphatic heterocycles. The van der Waals surface area contributed by atoms with Gasteiger partial charge < -0.3 is 81.0 Å². The zero-order chi connectivity index (χ0) is 66.8. The zero-order valence-corrected chi connectivity index (χ0v) is 54.9. The van der Waals surface area contributed by atoms with Gasteiger partial charge in [-0.3, -0.25) is 4.68 Å². The van der Waals surface area contributed by atoms with E-state index in [2.05, 4.69) is 42.0 Å². The number of morpholine rings is 1. The highest BCUT2D eigenvalue weighted by atomic mass is 16.5. The number of nitrogens with one attached hydrogen (secondary N) is 7. The van der Waals surface area contributed by atoms with Crippen molar-refractivity contribution < 1.29 is 38.8 Å². The highest BCUT2D eigenvalue weighted by Gasteiger charge is 2.43. The molecule has 0 amide bonds. The third-order valence-corrected chi connectivity index (χ3v) is 18.1. The maximum atomic E-state index is 10.8. The standard InChI is InChI=1S/C69H81N21O8/c1-71-28-47(91)36-94-50-8-4-6-40(20-50)61-79-64(57-31-76-89(45-10-11-45)68(57)83-61)74-26-43-16-17-88(85-43)33-39-18-42(22-54(19-39)96-38-49(93)30-73-3)63-80-65(58-32-77-90(46-12-13-46)69(58)84-63)75-27-44-23-60(98-86-44)55-24-59(55)78-66-56(25-70)67(87-34-52-14-15-53(35-87)97-52)82-62(81-66)41-7-5-9-51(21-41)95-37-48(92)29-72-2/h4-9,16-23,25,31-32,45-49,52-53,55,59,70-73,91-93H,10-15,24,26-30,33-38H2,1-3H3,(H,74,79,83)(H,75,80,84)(H,78,81,82). The molecular formula is C69H81N21O8. The van der Waals surface area contributed by atoms with E-state index in [9.17, 15) is 15.3 Å². The monoisotopic (exact) mass is 1330 g/mol. The topological polar surface area (TPSA) is 354 Å². The fraction of sp³-hybridized carbons (Fsp3) is 0.435. The Morgan fingerprint density at radius 1 is 0.612 bits per heavy atom. The summed E-state index contributed by atoms with van der Waals surface area (Å²) in [5, 5.41) is 80.6. The Morgan fingerprint density at radius 2 is 1.16 bits per heavy atom. The summed E-state index contributed by atoms with van der Waals surface area (Å²) in [6.07, 6.45) is 11.8. The number of aromatic nitrogens is 13. The maximum Gasteiger partial charge on any atom is 0.164 e. The first kappa shape index (κ1) is 64.3. The van der Waals surface area contributed by atoms with E-state index < -0.39 is 18.3 Å². The van der Waals surface area contributed by atoms with Crippen molar-refractivity contribution in [3.63, 3.8) is 0 Å². The van der Waals surface area contributed by atoms with Crippen LogP contribution in [0.15, 0.2) is 102 Å². The summed E-state index contributed by atoms with van der Waals surface area (Å²) >= 11 is 0. The van der Waals surface area contributed by atoms with Gasteiger partial charge in [0.1, 0.15) is 90.1 Å². The number of hydrogen-bond acceptors (Lipinski definition) is 26. The van der Waals surface area contributed by atoms with Crippen molar-refractivity contribution in [1.29, 1.82) is 5.41 Å². The van der Waals surface area contributed by atoms with Crippen LogP contribution >= 0.6 is 0 Å². The van der Waals surface area contributed by atoms with Gasteiger partial charge in [-0.15, -0.1) is 0 Å². The number of likely N-dealkylation sites (N-methyl/N-ethyl adjacent to an activating group) is 3. The minimum atomic E-state index is -0.756. The second-order valence-electron chi connectivity index (χ2n) is 26.1. The summed E-state index contributed by atoms with van der Waals surface area (Å²) in [7, 11) is 5.36. The van der Waals surface area contributed by atoms with Crippen LogP contribution in [0.2, 0.25) is 0 Å². The molecule has 98 heavy (non-hydrogen) atoms. The molecule has 29 heteroatoms. The van der Waals surface area contributed by atoms with E-state index in [-0.39, 0.29) is 56.1 Å². The van der Waals surface area contributed by atoms with Crippen molar-refractivity contribution in [2.75, 3.05) is 94.5 Å². The lowest BCUT2D eigenvalue weighted by molar-refractivity contribution is 0.0302. The summed E-state index contributed by atoms with van der Waals surface area (Å²) in [4.78, 5) is 32.9. The number of ether oxygens (including phenoxy) is 4. The van der Waals surface area contributed by atoms with Crippen LogP contribution in [0.5, 0.6) is 17.2 Å². The lowest BCUT2D eigenvalue weighted by Crippen LogP contribution is -2.43. The number of fused-ring (bicyclic) bond motifs is 4. The first-order valence-corrected chi connectivity index (χ1v) is 33.8. The first-order chi connectivity index (χ1) is 48.0. The van der Waals surface area contributed by atoms with Gasteiger partial charge in [0.15, 0.2) is 28.8 Å². The number of aliphatic hydroxyl groups excluding tert-OH is 3. The molecule has 7 atom stereocenters. The number of rotatable bonds is 33. The minimum Gasteiger partial charge on any atom is -0.491 e. The van der Waals surface area contributed by atoms with Gasteiger partial charge in [-0.25, -0.2) is 39.3 Å². The maximum absolute atomic E-state index is 10.8. The number of benzene rings is 3. The molecule has 5 aliphatic rings. The molecule has 510 valence electrons. The highest BCUT2D eigenvalue weighted by molar-refractivity contribution is 5.93. The van der Waals surface area contributed by atoms with E-state index in [0.717, 1.165) is 89.5 Å². The smallest absolute Gasteiger partial charge is 0.164 e. The van der Waals surface area contributed by atoms with E-state index in [1.165, 1.54) is 6.21 Å². The molecule has 0 spiro atoms. The Bertz CT molecular complexity index is 4460. The van der Waals surface area contributed by atoms with Crippen LogP contribution < -0.4 is 51.0 Å². The first-order valence-electron chi connectivity index (χ1n) is 33.8. The molecule has 9 heterocycles. The zero-order valence-electron chi connectivity index (χ0n) is 54.9. The molecule has 5 fully saturated rings. The second kappa shape index (κ2) is 28.4. The minimum absolute atomic E-state index is 0.0150. The van der Waals surface area contributed by atoms with Crippen molar-refractivity contribution in [3.05, 3.63) is 126 Å². The molecule has 10 N–H and O–H groups in total. The Balaban J connectivity index is 0.659. The molecular weight excluding hydrogens is 1250 g/mol. The van der Waals surface area contributed by atoms with E-state index in [0.29, 0.717) is 133 Å². The molecule has 2 bridgehead atoms. The predicted molar refractivity (Wildman–Crippen MR) is 367 cm³/mol. The van der Waals surface area contributed by atoms with E-state index in [4.69, 9.17) is 74.1 Å². The summed E-state index contributed by atoms with van der Waals surface area (Å²) in [5.74, 6) is 6.30. The third-order valence-electron chi connectivity index (χ3n) is 18.1. The molecule has 7 aromatic heterocycles.